The van der Waals surface area contributed by atoms with E-state index in [0.29, 0.717) is 5.75 Å². The Morgan fingerprint density at radius 3 is 2.56 bits per heavy atom. The number of benzene rings is 1. The van der Waals surface area contributed by atoms with Crippen LogP contribution in [0.1, 0.15) is 11.1 Å². The molecule has 0 aromatic heterocycles. The molecule has 0 saturated carbocycles. The van der Waals surface area contributed by atoms with Gasteiger partial charge in [0, 0.05) is 0 Å². The molecular weight excluding hydrogens is 242 g/mol. The van der Waals surface area contributed by atoms with Gasteiger partial charge in [-0.15, -0.1) is 0 Å². The van der Waals surface area contributed by atoms with Crippen molar-refractivity contribution in [1.82, 2.24) is 0 Å². The molecule has 1 rings (SSSR count). The predicted octanol–water partition coefficient (Wildman–Crippen LogP) is -1.88. The van der Waals surface area contributed by atoms with Crippen molar-refractivity contribution in [2.24, 2.45) is 0 Å². The Morgan fingerprint density at radius 2 is 2.06 bits per heavy atom. The number of phosphoric acid groups is 1. The van der Waals surface area contributed by atoms with Crippen LogP contribution in [0.4, 0.5) is 0 Å². The third-order valence-corrected chi connectivity index (χ3v) is 2.19. The first-order valence-corrected chi connectivity index (χ1v) is 5.76. The summed E-state index contributed by atoms with van der Waals surface area (Å²) in [5.74, 6) is 0.522. The van der Waals surface area contributed by atoms with Crippen LogP contribution in [0.5, 0.6) is 5.75 Å². The number of ether oxygens (including phenoxy) is 1. The average Bonchev–Trinajstić information content (AvgIpc) is 2.07. The first-order chi connectivity index (χ1) is 6.88. The molecule has 0 heterocycles. The Balaban J connectivity index is 0.00000225. The zero-order chi connectivity index (χ0) is 11.5. The number of hydrogen-bond donors (Lipinski definition) is 1. The van der Waals surface area contributed by atoms with Gasteiger partial charge in [-0.05, 0) is 25.5 Å². The van der Waals surface area contributed by atoms with Crippen LogP contribution >= 0.6 is 7.82 Å². The van der Waals surface area contributed by atoms with Gasteiger partial charge in [0.15, 0.2) is 6.79 Å². The molecule has 84 valence electrons. The molecule has 1 atom stereocenters. The maximum atomic E-state index is 10.2. The van der Waals surface area contributed by atoms with Gasteiger partial charge in [0.2, 0.25) is 0 Å². The summed E-state index contributed by atoms with van der Waals surface area (Å²) in [6, 6.07) is 5.43. The Kier molecular flexibility index (Phi) is 6.82. The fourth-order valence-electron chi connectivity index (χ4n) is 1.12. The molecular formula is C9H12NaO5P. The predicted molar refractivity (Wildman–Crippen MR) is 52.3 cm³/mol. The first-order valence-electron chi connectivity index (χ1n) is 4.27. The van der Waals surface area contributed by atoms with E-state index in [1.54, 1.807) is 6.07 Å². The fourth-order valence-corrected chi connectivity index (χ4v) is 1.30. The molecule has 0 aliphatic heterocycles. The second kappa shape index (κ2) is 6.77. The van der Waals surface area contributed by atoms with Gasteiger partial charge in [-0.1, -0.05) is 17.7 Å². The van der Waals surface area contributed by atoms with E-state index in [2.05, 4.69) is 4.52 Å². The van der Waals surface area contributed by atoms with Crippen molar-refractivity contribution in [1.29, 1.82) is 0 Å². The van der Waals surface area contributed by atoms with Crippen LogP contribution in [-0.2, 0) is 9.09 Å². The van der Waals surface area contributed by atoms with E-state index in [-0.39, 0.29) is 29.6 Å². The smallest absolute Gasteiger partial charge is 0.756 e. The molecule has 0 spiro atoms. The van der Waals surface area contributed by atoms with Crippen molar-refractivity contribution < 1.29 is 53.2 Å². The van der Waals surface area contributed by atoms with Crippen molar-refractivity contribution in [3.63, 3.8) is 0 Å². The molecule has 0 fully saturated rings. The van der Waals surface area contributed by atoms with Crippen LogP contribution in [0, 0.1) is 13.8 Å². The van der Waals surface area contributed by atoms with E-state index in [1.165, 1.54) is 0 Å². The van der Waals surface area contributed by atoms with E-state index in [1.807, 2.05) is 26.0 Å². The summed E-state index contributed by atoms with van der Waals surface area (Å²) >= 11 is 0. The Hall–Kier alpha value is 0.130. The minimum absolute atomic E-state index is 0. The van der Waals surface area contributed by atoms with Crippen LogP contribution in [0.2, 0.25) is 0 Å². The standard InChI is InChI=1S/C9H13O5P.Na/c1-7-3-4-9(8(2)5-7)13-6-14-15(10,11)12;/h3-5H,6H2,1-2H3,(H2,10,11,12);/q;+1/p-1. The molecule has 1 unspecified atom stereocenters. The summed E-state index contributed by atoms with van der Waals surface area (Å²) in [5.41, 5.74) is 1.95. The molecule has 5 nitrogen and oxygen atoms in total. The summed E-state index contributed by atoms with van der Waals surface area (Å²) < 4.78 is 19.3. The van der Waals surface area contributed by atoms with Gasteiger partial charge in [-0.25, -0.2) is 0 Å². The largest absolute Gasteiger partial charge is 1.00 e. The van der Waals surface area contributed by atoms with Gasteiger partial charge < -0.3 is 14.5 Å². The van der Waals surface area contributed by atoms with Gasteiger partial charge >= 0.3 is 29.6 Å². The van der Waals surface area contributed by atoms with Crippen LogP contribution in [0.15, 0.2) is 18.2 Å². The van der Waals surface area contributed by atoms with Gasteiger partial charge in [0.25, 0.3) is 7.82 Å². The summed E-state index contributed by atoms with van der Waals surface area (Å²) in [5, 5.41) is 0. The maximum Gasteiger partial charge on any atom is 1.00 e. The van der Waals surface area contributed by atoms with Crippen LogP contribution in [-0.4, -0.2) is 11.7 Å². The van der Waals surface area contributed by atoms with E-state index >= 15 is 0 Å². The average molecular weight is 254 g/mol. The molecule has 7 heteroatoms. The molecule has 0 radical (unpaired) electrons. The molecule has 0 aliphatic rings. The van der Waals surface area contributed by atoms with Crippen LogP contribution in [0.3, 0.4) is 0 Å². The van der Waals surface area contributed by atoms with Gasteiger partial charge in [-0.2, -0.15) is 0 Å². The van der Waals surface area contributed by atoms with Crippen molar-refractivity contribution in [3.8, 4) is 5.75 Å². The quantitative estimate of drug-likeness (QED) is 0.386. The number of aryl methyl sites for hydroxylation is 2. The first kappa shape index (κ1) is 16.1. The molecule has 16 heavy (non-hydrogen) atoms. The third kappa shape index (κ3) is 6.01. The summed E-state index contributed by atoms with van der Waals surface area (Å²) in [4.78, 5) is 18.5. The third-order valence-electron chi connectivity index (χ3n) is 1.76. The second-order valence-electron chi connectivity index (χ2n) is 3.13. The van der Waals surface area contributed by atoms with E-state index in [9.17, 15) is 9.46 Å². The normalized spacial score (nSPS) is 13.8. The van der Waals surface area contributed by atoms with Crippen molar-refractivity contribution in [2.75, 3.05) is 6.79 Å². The van der Waals surface area contributed by atoms with E-state index in [0.717, 1.165) is 11.1 Å². The summed E-state index contributed by atoms with van der Waals surface area (Å²) in [6.45, 7) is 3.24. The number of hydrogen-bond acceptors (Lipinski definition) is 4. The molecule has 0 bridgehead atoms. The molecule has 0 saturated heterocycles. The zero-order valence-electron chi connectivity index (χ0n) is 9.47. The molecule has 1 aromatic rings. The summed E-state index contributed by atoms with van der Waals surface area (Å²) in [7, 11) is -4.70. The molecule has 1 aromatic carbocycles. The Morgan fingerprint density at radius 1 is 1.44 bits per heavy atom. The number of phosphoric ester groups is 1. The minimum atomic E-state index is -4.70. The topological polar surface area (TPSA) is 78.8 Å². The van der Waals surface area contributed by atoms with Gasteiger partial charge in [0.1, 0.15) is 5.75 Å². The van der Waals surface area contributed by atoms with Gasteiger partial charge in [0.05, 0.1) is 0 Å². The van der Waals surface area contributed by atoms with Crippen molar-refractivity contribution in [3.05, 3.63) is 29.3 Å². The fraction of sp³-hybridized carbons (Fsp3) is 0.333. The SMILES string of the molecule is Cc1ccc(OCOP(=O)([O-])O)c(C)c1.[Na+]. The zero-order valence-corrected chi connectivity index (χ0v) is 12.4. The van der Waals surface area contributed by atoms with Crippen molar-refractivity contribution in [2.45, 2.75) is 13.8 Å². The van der Waals surface area contributed by atoms with E-state index in [4.69, 9.17) is 9.63 Å². The van der Waals surface area contributed by atoms with Crippen LogP contribution < -0.4 is 39.2 Å². The second-order valence-corrected chi connectivity index (χ2v) is 4.32. The Labute approximate surface area is 116 Å². The number of rotatable bonds is 4. The Bertz CT molecular complexity index is 389. The molecule has 0 amide bonds. The van der Waals surface area contributed by atoms with E-state index < -0.39 is 14.6 Å². The maximum absolute atomic E-state index is 10.2. The molecule has 0 aliphatic carbocycles. The monoisotopic (exact) mass is 254 g/mol. The van der Waals surface area contributed by atoms with Crippen LogP contribution in [0.25, 0.3) is 0 Å². The minimum Gasteiger partial charge on any atom is -0.756 e. The molecule has 1 N–H and O–H groups in total. The van der Waals surface area contributed by atoms with Gasteiger partial charge in [-0.3, -0.25) is 9.09 Å². The summed E-state index contributed by atoms with van der Waals surface area (Å²) in [6.07, 6.45) is 0. The van der Waals surface area contributed by atoms with Crippen molar-refractivity contribution >= 4 is 7.82 Å².